The molecule has 0 aliphatic heterocycles. The maximum absolute atomic E-state index is 12.7. The SMILES string of the molecule is COc1ccccc1CN(C(=O)C(C)CCCN)C1CC1. The van der Waals surface area contributed by atoms with Gasteiger partial charge in [-0.2, -0.15) is 0 Å². The highest BCUT2D eigenvalue weighted by Crippen LogP contribution is 2.32. The fourth-order valence-corrected chi connectivity index (χ4v) is 2.62. The molecule has 1 aromatic carbocycles. The van der Waals surface area contributed by atoms with Gasteiger partial charge in [-0.1, -0.05) is 25.1 Å². The molecule has 0 heterocycles. The first kappa shape index (κ1) is 15.8. The van der Waals surface area contributed by atoms with Gasteiger partial charge in [0.15, 0.2) is 0 Å². The summed E-state index contributed by atoms with van der Waals surface area (Å²) in [5.74, 6) is 1.14. The monoisotopic (exact) mass is 290 g/mol. The van der Waals surface area contributed by atoms with Crippen molar-refractivity contribution in [2.75, 3.05) is 13.7 Å². The molecule has 1 unspecified atom stereocenters. The summed E-state index contributed by atoms with van der Waals surface area (Å²) in [4.78, 5) is 14.7. The molecule has 1 aliphatic carbocycles. The van der Waals surface area contributed by atoms with Crippen LogP contribution in [0.3, 0.4) is 0 Å². The van der Waals surface area contributed by atoms with E-state index in [4.69, 9.17) is 10.5 Å². The van der Waals surface area contributed by atoms with Crippen molar-refractivity contribution in [2.24, 2.45) is 11.7 Å². The Labute approximate surface area is 127 Å². The van der Waals surface area contributed by atoms with Crippen LogP contribution in [0.4, 0.5) is 0 Å². The lowest BCUT2D eigenvalue weighted by atomic mass is 10.0. The van der Waals surface area contributed by atoms with Gasteiger partial charge in [0, 0.05) is 24.1 Å². The normalized spacial score (nSPS) is 15.6. The molecule has 1 fully saturated rings. The van der Waals surface area contributed by atoms with Crippen LogP contribution in [0.15, 0.2) is 24.3 Å². The third-order valence-corrected chi connectivity index (χ3v) is 4.07. The molecule has 1 amide bonds. The number of carbonyl (C=O) groups excluding carboxylic acids is 1. The van der Waals surface area contributed by atoms with Gasteiger partial charge in [0.2, 0.25) is 5.91 Å². The van der Waals surface area contributed by atoms with Crippen molar-refractivity contribution >= 4 is 5.91 Å². The van der Waals surface area contributed by atoms with Crippen molar-refractivity contribution in [3.63, 3.8) is 0 Å². The smallest absolute Gasteiger partial charge is 0.225 e. The fourth-order valence-electron chi connectivity index (χ4n) is 2.62. The maximum atomic E-state index is 12.7. The Morgan fingerprint density at radius 1 is 1.43 bits per heavy atom. The van der Waals surface area contributed by atoms with Gasteiger partial charge in [0.1, 0.15) is 5.75 Å². The Kier molecular flexibility index (Phi) is 5.62. The summed E-state index contributed by atoms with van der Waals surface area (Å²) in [6, 6.07) is 8.33. The Morgan fingerprint density at radius 3 is 2.76 bits per heavy atom. The quantitative estimate of drug-likeness (QED) is 0.800. The van der Waals surface area contributed by atoms with Gasteiger partial charge in [-0.3, -0.25) is 4.79 Å². The van der Waals surface area contributed by atoms with Crippen LogP contribution in [-0.4, -0.2) is 30.5 Å². The first-order chi connectivity index (χ1) is 10.2. The Balaban J connectivity index is 2.07. The summed E-state index contributed by atoms with van der Waals surface area (Å²) < 4.78 is 5.40. The molecule has 2 N–H and O–H groups in total. The second-order valence-corrected chi connectivity index (χ2v) is 5.84. The molecule has 4 heteroatoms. The zero-order valence-electron chi connectivity index (χ0n) is 13.0. The van der Waals surface area contributed by atoms with Crippen molar-refractivity contribution < 1.29 is 9.53 Å². The average Bonchev–Trinajstić information content (AvgIpc) is 3.34. The number of rotatable bonds is 8. The molecule has 0 saturated heterocycles. The number of nitrogens with zero attached hydrogens (tertiary/aromatic N) is 1. The molecule has 116 valence electrons. The summed E-state index contributed by atoms with van der Waals surface area (Å²) in [6.45, 7) is 3.30. The van der Waals surface area contributed by atoms with Gasteiger partial charge in [0.05, 0.1) is 7.11 Å². The predicted octanol–water partition coefficient (Wildman–Crippen LogP) is 2.56. The summed E-state index contributed by atoms with van der Waals surface area (Å²) in [7, 11) is 1.67. The minimum absolute atomic E-state index is 0.0452. The summed E-state index contributed by atoms with van der Waals surface area (Å²) in [6.07, 6.45) is 4.00. The summed E-state index contributed by atoms with van der Waals surface area (Å²) in [5, 5.41) is 0. The fraction of sp³-hybridized carbons (Fsp3) is 0.588. The molecule has 1 saturated carbocycles. The van der Waals surface area contributed by atoms with Crippen LogP contribution in [0.1, 0.15) is 38.2 Å². The lowest BCUT2D eigenvalue weighted by molar-refractivity contribution is -0.136. The first-order valence-corrected chi connectivity index (χ1v) is 7.79. The van der Waals surface area contributed by atoms with E-state index >= 15 is 0 Å². The summed E-state index contributed by atoms with van der Waals surface area (Å²) in [5.41, 5.74) is 6.62. The first-order valence-electron chi connectivity index (χ1n) is 7.79. The van der Waals surface area contributed by atoms with Crippen molar-refractivity contribution in [1.82, 2.24) is 4.90 Å². The number of hydrogen-bond acceptors (Lipinski definition) is 3. The molecular weight excluding hydrogens is 264 g/mol. The highest BCUT2D eigenvalue weighted by atomic mass is 16.5. The standard InChI is InChI=1S/C17H26N2O2/c1-13(6-5-11-18)17(20)19(15-9-10-15)12-14-7-3-4-8-16(14)21-2/h3-4,7-8,13,15H,5-6,9-12,18H2,1-2H3. The summed E-state index contributed by atoms with van der Waals surface area (Å²) >= 11 is 0. The van der Waals surface area contributed by atoms with Crippen molar-refractivity contribution in [3.05, 3.63) is 29.8 Å². The molecule has 2 rings (SSSR count). The molecule has 21 heavy (non-hydrogen) atoms. The maximum Gasteiger partial charge on any atom is 0.225 e. The lowest BCUT2D eigenvalue weighted by Gasteiger charge is -2.26. The zero-order valence-corrected chi connectivity index (χ0v) is 13.0. The van der Waals surface area contributed by atoms with Crippen LogP contribution in [0.2, 0.25) is 0 Å². The topological polar surface area (TPSA) is 55.6 Å². The van der Waals surface area contributed by atoms with E-state index in [2.05, 4.69) is 0 Å². The third kappa shape index (κ3) is 4.21. The van der Waals surface area contributed by atoms with E-state index < -0.39 is 0 Å². The number of ether oxygens (including phenoxy) is 1. The van der Waals surface area contributed by atoms with E-state index in [0.29, 0.717) is 19.1 Å². The van der Waals surface area contributed by atoms with E-state index in [1.54, 1.807) is 7.11 Å². The number of carbonyl (C=O) groups is 1. The van der Waals surface area contributed by atoms with Crippen LogP contribution in [-0.2, 0) is 11.3 Å². The molecule has 0 aromatic heterocycles. The average molecular weight is 290 g/mol. The van der Waals surface area contributed by atoms with Crippen molar-refractivity contribution in [2.45, 2.75) is 45.2 Å². The lowest BCUT2D eigenvalue weighted by Crippen LogP contribution is -2.36. The molecule has 1 aliphatic rings. The number of benzene rings is 1. The molecule has 4 nitrogen and oxygen atoms in total. The van der Waals surface area contributed by atoms with Gasteiger partial charge >= 0.3 is 0 Å². The Bertz CT molecular complexity index is 472. The number of methoxy groups -OCH3 is 1. The van der Waals surface area contributed by atoms with E-state index in [1.807, 2.05) is 36.1 Å². The Morgan fingerprint density at radius 2 is 2.14 bits per heavy atom. The van der Waals surface area contributed by atoms with Crippen molar-refractivity contribution in [3.8, 4) is 5.75 Å². The van der Waals surface area contributed by atoms with Gasteiger partial charge < -0.3 is 15.4 Å². The van der Waals surface area contributed by atoms with Gasteiger partial charge in [-0.05, 0) is 38.3 Å². The minimum atomic E-state index is 0.0452. The van der Waals surface area contributed by atoms with Crippen LogP contribution in [0, 0.1) is 5.92 Å². The molecule has 1 atom stereocenters. The van der Waals surface area contributed by atoms with Crippen molar-refractivity contribution in [1.29, 1.82) is 0 Å². The predicted molar refractivity (Wildman–Crippen MR) is 84.0 cm³/mol. The van der Waals surface area contributed by atoms with E-state index in [1.165, 1.54) is 0 Å². The third-order valence-electron chi connectivity index (χ3n) is 4.07. The number of hydrogen-bond donors (Lipinski definition) is 1. The molecule has 0 spiro atoms. The molecular formula is C17H26N2O2. The Hall–Kier alpha value is -1.55. The van der Waals surface area contributed by atoms with E-state index in [-0.39, 0.29) is 11.8 Å². The van der Waals surface area contributed by atoms with Crippen LogP contribution < -0.4 is 10.5 Å². The second-order valence-electron chi connectivity index (χ2n) is 5.84. The minimum Gasteiger partial charge on any atom is -0.496 e. The second kappa shape index (κ2) is 7.46. The number of nitrogens with two attached hydrogens (primary N) is 1. The largest absolute Gasteiger partial charge is 0.496 e. The highest BCUT2D eigenvalue weighted by Gasteiger charge is 2.34. The van der Waals surface area contributed by atoms with Crippen LogP contribution in [0.5, 0.6) is 5.75 Å². The molecule has 0 radical (unpaired) electrons. The highest BCUT2D eigenvalue weighted by molar-refractivity contribution is 5.79. The zero-order chi connectivity index (χ0) is 15.2. The van der Waals surface area contributed by atoms with E-state index in [0.717, 1.165) is 37.0 Å². The number of amides is 1. The molecule has 1 aromatic rings. The van der Waals surface area contributed by atoms with Gasteiger partial charge in [0.25, 0.3) is 0 Å². The molecule has 0 bridgehead atoms. The van der Waals surface area contributed by atoms with E-state index in [9.17, 15) is 4.79 Å². The van der Waals surface area contributed by atoms with Crippen LogP contribution >= 0.6 is 0 Å². The van der Waals surface area contributed by atoms with Crippen LogP contribution in [0.25, 0.3) is 0 Å². The van der Waals surface area contributed by atoms with Gasteiger partial charge in [-0.25, -0.2) is 0 Å². The van der Waals surface area contributed by atoms with Gasteiger partial charge in [-0.15, -0.1) is 0 Å². The number of para-hydroxylation sites is 1.